The van der Waals surface area contributed by atoms with Crippen LogP contribution in [-0.2, 0) is 9.59 Å². The van der Waals surface area contributed by atoms with Crippen LogP contribution in [0.1, 0.15) is 5.56 Å². The molecule has 1 aromatic carbocycles. The minimum Gasteiger partial charge on any atom is -0.495 e. The number of rotatable bonds is 4. The smallest absolute Gasteiger partial charge is 0.314 e. The molecule has 7 heteroatoms. The summed E-state index contributed by atoms with van der Waals surface area (Å²) < 4.78 is 5.21. The number of nitrogens with one attached hydrogen (secondary N) is 1. The van der Waals surface area contributed by atoms with Gasteiger partial charge < -0.3 is 20.7 Å². The Morgan fingerprint density at radius 3 is 2.57 bits per heavy atom. The summed E-state index contributed by atoms with van der Waals surface area (Å²) in [6.45, 7) is 5.88. The van der Waals surface area contributed by atoms with Gasteiger partial charge in [0.1, 0.15) is 5.75 Å². The van der Waals surface area contributed by atoms with Gasteiger partial charge in [0.25, 0.3) is 0 Å². The van der Waals surface area contributed by atoms with E-state index in [2.05, 4.69) is 10.2 Å². The van der Waals surface area contributed by atoms with Gasteiger partial charge in [-0.25, -0.2) is 0 Å². The summed E-state index contributed by atoms with van der Waals surface area (Å²) in [6, 6.07) is 5.43. The Morgan fingerprint density at radius 1 is 1.26 bits per heavy atom. The molecule has 1 aliphatic rings. The standard InChI is InChI=1S/C16H24N4O3/c1-12-3-4-14(23-2)13(11-12)18-15(21)16(22)20-9-7-19(6-5-17)8-10-20/h3-4,11H,5-10,17H2,1-2H3,(H,18,21). The Kier molecular flexibility index (Phi) is 5.95. The molecule has 2 rings (SSSR count). The van der Waals surface area contributed by atoms with Crippen molar-refractivity contribution >= 4 is 17.5 Å². The van der Waals surface area contributed by atoms with Crippen molar-refractivity contribution in [2.45, 2.75) is 6.92 Å². The molecule has 0 radical (unpaired) electrons. The minimum absolute atomic E-state index is 0.507. The average molecular weight is 320 g/mol. The third-order valence-corrected chi connectivity index (χ3v) is 3.90. The third kappa shape index (κ3) is 4.43. The molecule has 0 aliphatic carbocycles. The number of ether oxygens (including phenoxy) is 1. The second-order valence-electron chi connectivity index (χ2n) is 5.58. The van der Waals surface area contributed by atoms with E-state index in [0.29, 0.717) is 31.1 Å². The molecule has 7 nitrogen and oxygen atoms in total. The molecule has 1 aliphatic heterocycles. The molecule has 0 aromatic heterocycles. The topological polar surface area (TPSA) is 87.9 Å². The molecular formula is C16H24N4O3. The SMILES string of the molecule is COc1ccc(C)cc1NC(=O)C(=O)N1CCN(CCN)CC1. The maximum absolute atomic E-state index is 12.3. The molecule has 1 saturated heterocycles. The largest absolute Gasteiger partial charge is 0.495 e. The maximum Gasteiger partial charge on any atom is 0.314 e. The number of hydrogen-bond donors (Lipinski definition) is 2. The van der Waals surface area contributed by atoms with Crippen molar-refractivity contribution in [3.05, 3.63) is 23.8 Å². The first kappa shape index (κ1) is 17.2. The predicted octanol–water partition coefficient (Wildman–Crippen LogP) is 0.0450. The third-order valence-electron chi connectivity index (χ3n) is 3.90. The van der Waals surface area contributed by atoms with Crippen LogP contribution < -0.4 is 15.8 Å². The number of aryl methyl sites for hydroxylation is 1. The lowest BCUT2D eigenvalue weighted by Crippen LogP contribution is -2.52. The predicted molar refractivity (Wildman–Crippen MR) is 88.4 cm³/mol. The average Bonchev–Trinajstić information content (AvgIpc) is 2.55. The van der Waals surface area contributed by atoms with E-state index in [1.165, 1.54) is 7.11 Å². The molecule has 126 valence electrons. The number of nitrogens with two attached hydrogens (primary N) is 1. The van der Waals surface area contributed by atoms with E-state index in [0.717, 1.165) is 25.2 Å². The number of anilines is 1. The van der Waals surface area contributed by atoms with Crippen LogP contribution in [0.4, 0.5) is 5.69 Å². The molecule has 0 unspecified atom stereocenters. The Balaban J connectivity index is 1.96. The lowest BCUT2D eigenvalue weighted by Gasteiger charge is -2.34. The van der Waals surface area contributed by atoms with Crippen LogP contribution in [0.3, 0.4) is 0 Å². The van der Waals surface area contributed by atoms with Gasteiger partial charge >= 0.3 is 11.8 Å². The molecule has 23 heavy (non-hydrogen) atoms. The highest BCUT2D eigenvalue weighted by atomic mass is 16.5. The second-order valence-corrected chi connectivity index (χ2v) is 5.58. The normalized spacial score (nSPS) is 15.3. The zero-order chi connectivity index (χ0) is 16.8. The number of carbonyl (C=O) groups excluding carboxylic acids is 2. The quantitative estimate of drug-likeness (QED) is 0.765. The van der Waals surface area contributed by atoms with Crippen molar-refractivity contribution < 1.29 is 14.3 Å². The Morgan fingerprint density at radius 2 is 1.96 bits per heavy atom. The summed E-state index contributed by atoms with van der Waals surface area (Å²) in [6.07, 6.45) is 0. The van der Waals surface area contributed by atoms with Gasteiger partial charge in [0.05, 0.1) is 12.8 Å². The highest BCUT2D eigenvalue weighted by Crippen LogP contribution is 2.25. The highest BCUT2D eigenvalue weighted by Gasteiger charge is 2.26. The minimum atomic E-state index is -0.638. The van der Waals surface area contributed by atoms with Gasteiger partial charge in [-0.15, -0.1) is 0 Å². The summed E-state index contributed by atoms with van der Waals surface area (Å²) in [4.78, 5) is 28.2. The fourth-order valence-corrected chi connectivity index (χ4v) is 2.60. The number of amides is 2. The molecule has 1 fully saturated rings. The molecule has 0 spiro atoms. The zero-order valence-corrected chi connectivity index (χ0v) is 13.7. The van der Waals surface area contributed by atoms with Crippen molar-refractivity contribution in [2.24, 2.45) is 5.73 Å². The van der Waals surface area contributed by atoms with Crippen LogP contribution in [0.25, 0.3) is 0 Å². The second kappa shape index (κ2) is 7.94. The molecule has 0 bridgehead atoms. The number of carbonyl (C=O) groups is 2. The number of hydrogen-bond acceptors (Lipinski definition) is 5. The van der Waals surface area contributed by atoms with Crippen LogP contribution in [0, 0.1) is 6.92 Å². The van der Waals surface area contributed by atoms with E-state index >= 15 is 0 Å². The van der Waals surface area contributed by atoms with Crippen molar-refractivity contribution in [3.8, 4) is 5.75 Å². The van der Waals surface area contributed by atoms with Crippen LogP contribution in [-0.4, -0.2) is 68.0 Å². The molecule has 3 N–H and O–H groups in total. The summed E-state index contributed by atoms with van der Waals surface area (Å²) in [5.74, 6) is -0.619. The first-order valence-electron chi connectivity index (χ1n) is 7.72. The van der Waals surface area contributed by atoms with Gasteiger partial charge in [-0.2, -0.15) is 0 Å². The van der Waals surface area contributed by atoms with Crippen molar-refractivity contribution in [1.29, 1.82) is 0 Å². The van der Waals surface area contributed by atoms with Gasteiger partial charge in [0.15, 0.2) is 0 Å². The van der Waals surface area contributed by atoms with Crippen LogP contribution in [0.15, 0.2) is 18.2 Å². The van der Waals surface area contributed by atoms with Crippen LogP contribution >= 0.6 is 0 Å². The van der Waals surface area contributed by atoms with E-state index in [1.807, 2.05) is 13.0 Å². The summed E-state index contributed by atoms with van der Waals surface area (Å²) >= 11 is 0. The van der Waals surface area contributed by atoms with Gasteiger partial charge in [0, 0.05) is 39.3 Å². The molecule has 0 atom stereocenters. The van der Waals surface area contributed by atoms with E-state index < -0.39 is 11.8 Å². The van der Waals surface area contributed by atoms with Crippen molar-refractivity contribution in [1.82, 2.24) is 9.80 Å². The lowest BCUT2D eigenvalue weighted by atomic mass is 10.2. The maximum atomic E-state index is 12.3. The van der Waals surface area contributed by atoms with E-state index in [1.54, 1.807) is 17.0 Å². The Labute approximate surface area is 136 Å². The van der Waals surface area contributed by atoms with Gasteiger partial charge in [-0.05, 0) is 24.6 Å². The first-order valence-corrected chi connectivity index (χ1v) is 7.72. The summed E-state index contributed by atoms with van der Waals surface area (Å²) in [5, 5.41) is 2.65. The monoisotopic (exact) mass is 320 g/mol. The molecule has 1 heterocycles. The molecule has 1 aromatic rings. The van der Waals surface area contributed by atoms with E-state index in [4.69, 9.17) is 10.5 Å². The number of nitrogens with zero attached hydrogens (tertiary/aromatic N) is 2. The fraction of sp³-hybridized carbons (Fsp3) is 0.500. The fourth-order valence-electron chi connectivity index (χ4n) is 2.60. The van der Waals surface area contributed by atoms with E-state index in [-0.39, 0.29) is 0 Å². The summed E-state index contributed by atoms with van der Waals surface area (Å²) in [7, 11) is 1.53. The number of methoxy groups -OCH3 is 1. The Hall–Kier alpha value is -2.12. The first-order chi connectivity index (χ1) is 11.0. The highest BCUT2D eigenvalue weighted by molar-refractivity contribution is 6.39. The van der Waals surface area contributed by atoms with Gasteiger partial charge in [-0.1, -0.05) is 6.07 Å². The van der Waals surface area contributed by atoms with E-state index in [9.17, 15) is 9.59 Å². The lowest BCUT2D eigenvalue weighted by molar-refractivity contribution is -0.144. The van der Waals surface area contributed by atoms with Crippen molar-refractivity contribution in [3.63, 3.8) is 0 Å². The van der Waals surface area contributed by atoms with Crippen LogP contribution in [0.5, 0.6) is 5.75 Å². The summed E-state index contributed by atoms with van der Waals surface area (Å²) in [5.41, 5.74) is 7.01. The van der Waals surface area contributed by atoms with Gasteiger partial charge in [0.2, 0.25) is 0 Å². The molecular weight excluding hydrogens is 296 g/mol. The Bertz CT molecular complexity index is 568. The zero-order valence-electron chi connectivity index (χ0n) is 13.7. The molecule has 2 amide bonds. The van der Waals surface area contributed by atoms with Crippen molar-refractivity contribution in [2.75, 3.05) is 51.7 Å². The van der Waals surface area contributed by atoms with Gasteiger partial charge in [-0.3, -0.25) is 14.5 Å². The molecule has 0 saturated carbocycles. The number of piperazine rings is 1. The van der Waals surface area contributed by atoms with Crippen LogP contribution in [0.2, 0.25) is 0 Å². The number of benzene rings is 1.